The van der Waals surface area contributed by atoms with Crippen LogP contribution in [0.1, 0.15) is 11.7 Å². The van der Waals surface area contributed by atoms with Gasteiger partial charge in [-0.2, -0.15) is 0 Å². The maximum atomic E-state index is 10.0. The Kier molecular flexibility index (Phi) is 3.22. The fraction of sp³-hybridized carbons (Fsp3) is 0.250. The van der Waals surface area contributed by atoms with E-state index >= 15 is 0 Å². The predicted octanol–water partition coefficient (Wildman–Crippen LogP) is 0.928. The molecule has 1 N–H and O–H groups in total. The van der Waals surface area contributed by atoms with Gasteiger partial charge in [0.1, 0.15) is 0 Å². The van der Waals surface area contributed by atoms with Crippen molar-refractivity contribution in [2.45, 2.75) is 6.10 Å². The molecule has 0 aromatic heterocycles. The van der Waals surface area contributed by atoms with Crippen molar-refractivity contribution in [3.8, 4) is 0 Å². The van der Waals surface area contributed by atoms with Crippen LogP contribution in [0.5, 0.6) is 0 Å². The van der Waals surface area contributed by atoms with Gasteiger partial charge in [0.15, 0.2) is 6.10 Å². The van der Waals surface area contributed by atoms with Crippen molar-refractivity contribution >= 4 is 0 Å². The zero-order chi connectivity index (χ0) is 9.68. The maximum Gasteiger partial charge on any atom is 0.295 e. The SMILES string of the molecule is O=[N+]([O-])O[C@H](CO)c1ccccc1. The zero-order valence-corrected chi connectivity index (χ0v) is 6.79. The molecule has 0 aliphatic carbocycles. The summed E-state index contributed by atoms with van der Waals surface area (Å²) in [5, 5.41) is 17.9. The first-order chi connectivity index (χ1) is 6.24. The van der Waals surface area contributed by atoms with Gasteiger partial charge in [0.2, 0.25) is 0 Å². The highest BCUT2D eigenvalue weighted by Gasteiger charge is 2.13. The molecule has 1 atom stereocenters. The Morgan fingerprint density at radius 3 is 2.54 bits per heavy atom. The van der Waals surface area contributed by atoms with Crippen molar-refractivity contribution in [2.24, 2.45) is 0 Å². The molecule has 5 heteroatoms. The van der Waals surface area contributed by atoms with Gasteiger partial charge in [0.25, 0.3) is 5.09 Å². The number of hydrogen-bond donors (Lipinski definition) is 1. The van der Waals surface area contributed by atoms with Crippen molar-refractivity contribution in [1.82, 2.24) is 0 Å². The first kappa shape index (κ1) is 9.47. The number of aliphatic hydroxyl groups excluding tert-OH is 1. The van der Waals surface area contributed by atoms with Crippen molar-refractivity contribution in [1.29, 1.82) is 0 Å². The van der Waals surface area contributed by atoms with Gasteiger partial charge >= 0.3 is 0 Å². The van der Waals surface area contributed by atoms with Crippen LogP contribution in [0.3, 0.4) is 0 Å². The summed E-state index contributed by atoms with van der Waals surface area (Å²) in [5.41, 5.74) is 0.585. The number of hydrogen-bond acceptors (Lipinski definition) is 4. The first-order valence-electron chi connectivity index (χ1n) is 3.71. The van der Waals surface area contributed by atoms with E-state index in [1.807, 2.05) is 0 Å². The Labute approximate surface area is 74.7 Å². The molecule has 70 valence electrons. The van der Waals surface area contributed by atoms with Crippen LogP contribution >= 0.6 is 0 Å². The molecule has 0 saturated carbocycles. The predicted molar refractivity (Wildman–Crippen MR) is 44.3 cm³/mol. The van der Waals surface area contributed by atoms with Gasteiger partial charge in [-0.15, -0.1) is 10.1 Å². The molecule has 0 saturated heterocycles. The van der Waals surface area contributed by atoms with Crippen LogP contribution in [0.25, 0.3) is 0 Å². The molecule has 0 aliphatic rings. The van der Waals surface area contributed by atoms with E-state index in [1.165, 1.54) is 0 Å². The topological polar surface area (TPSA) is 72.6 Å². The fourth-order valence-electron chi connectivity index (χ4n) is 0.971. The van der Waals surface area contributed by atoms with E-state index < -0.39 is 17.8 Å². The molecular weight excluding hydrogens is 174 g/mol. The standard InChI is InChI=1S/C8H9NO4/c10-6-8(13-9(11)12)7-4-2-1-3-5-7/h1-5,8,10H,6H2/t8-/m1/s1. The van der Waals surface area contributed by atoms with Gasteiger partial charge in [0.05, 0.1) is 6.61 Å². The van der Waals surface area contributed by atoms with Crippen LogP contribution in [-0.2, 0) is 4.84 Å². The van der Waals surface area contributed by atoms with E-state index in [-0.39, 0.29) is 0 Å². The quantitative estimate of drug-likeness (QED) is 0.556. The van der Waals surface area contributed by atoms with Crippen LogP contribution in [0.2, 0.25) is 0 Å². The molecule has 0 bridgehead atoms. The highest BCUT2D eigenvalue weighted by atomic mass is 17.0. The van der Waals surface area contributed by atoms with Crippen LogP contribution in [0.15, 0.2) is 30.3 Å². The lowest BCUT2D eigenvalue weighted by Crippen LogP contribution is -2.12. The van der Waals surface area contributed by atoms with Gasteiger partial charge < -0.3 is 9.94 Å². The van der Waals surface area contributed by atoms with Crippen LogP contribution in [-0.4, -0.2) is 16.8 Å². The van der Waals surface area contributed by atoms with Gasteiger partial charge in [-0.1, -0.05) is 30.3 Å². The van der Waals surface area contributed by atoms with Crippen LogP contribution < -0.4 is 0 Å². The van der Waals surface area contributed by atoms with Gasteiger partial charge in [-0.25, -0.2) is 0 Å². The van der Waals surface area contributed by atoms with Gasteiger partial charge in [-0.3, -0.25) is 0 Å². The summed E-state index contributed by atoms with van der Waals surface area (Å²) in [5.74, 6) is 0. The molecule has 1 rings (SSSR count). The molecule has 13 heavy (non-hydrogen) atoms. The minimum Gasteiger partial charge on any atom is -0.394 e. The molecule has 0 spiro atoms. The molecule has 1 aromatic rings. The molecular formula is C8H9NO4. The monoisotopic (exact) mass is 183 g/mol. The first-order valence-corrected chi connectivity index (χ1v) is 3.71. The normalized spacial score (nSPS) is 12.1. The molecule has 0 radical (unpaired) electrons. The Hall–Kier alpha value is -1.62. The summed E-state index contributed by atoms with van der Waals surface area (Å²) in [6.07, 6.45) is -0.892. The summed E-state index contributed by atoms with van der Waals surface area (Å²) in [6.45, 7) is -0.412. The highest BCUT2D eigenvalue weighted by molar-refractivity contribution is 5.17. The summed E-state index contributed by atoms with van der Waals surface area (Å²) < 4.78 is 0. The summed E-state index contributed by atoms with van der Waals surface area (Å²) >= 11 is 0. The molecule has 0 heterocycles. The zero-order valence-electron chi connectivity index (χ0n) is 6.79. The average Bonchev–Trinajstić information content (AvgIpc) is 2.15. The van der Waals surface area contributed by atoms with Crippen molar-refractivity contribution in [3.05, 3.63) is 46.0 Å². The third kappa shape index (κ3) is 2.72. The van der Waals surface area contributed by atoms with Crippen molar-refractivity contribution in [3.63, 3.8) is 0 Å². The third-order valence-electron chi connectivity index (χ3n) is 1.55. The van der Waals surface area contributed by atoms with E-state index in [4.69, 9.17) is 5.11 Å². The molecule has 0 amide bonds. The van der Waals surface area contributed by atoms with Crippen molar-refractivity contribution in [2.75, 3.05) is 6.61 Å². The second-order valence-electron chi connectivity index (χ2n) is 2.41. The lowest BCUT2D eigenvalue weighted by Gasteiger charge is -2.11. The molecule has 0 unspecified atom stereocenters. The average molecular weight is 183 g/mol. The lowest BCUT2D eigenvalue weighted by atomic mass is 10.1. The van der Waals surface area contributed by atoms with E-state index in [0.717, 1.165) is 0 Å². The Bertz CT molecular complexity index is 275. The molecule has 0 fully saturated rings. The van der Waals surface area contributed by atoms with Crippen LogP contribution in [0, 0.1) is 10.1 Å². The summed E-state index contributed by atoms with van der Waals surface area (Å²) in [6, 6.07) is 8.54. The lowest BCUT2D eigenvalue weighted by molar-refractivity contribution is -0.771. The summed E-state index contributed by atoms with van der Waals surface area (Å²) in [7, 11) is 0. The summed E-state index contributed by atoms with van der Waals surface area (Å²) in [4.78, 5) is 14.3. The van der Waals surface area contributed by atoms with E-state index in [2.05, 4.69) is 4.84 Å². The van der Waals surface area contributed by atoms with Crippen LogP contribution in [0.4, 0.5) is 0 Å². The Morgan fingerprint density at radius 1 is 1.46 bits per heavy atom. The fourth-order valence-corrected chi connectivity index (χ4v) is 0.971. The minimum atomic E-state index is -0.909. The highest BCUT2D eigenvalue weighted by Crippen LogP contribution is 2.15. The van der Waals surface area contributed by atoms with Gasteiger partial charge in [-0.05, 0) is 5.56 Å². The van der Waals surface area contributed by atoms with E-state index in [0.29, 0.717) is 5.56 Å². The smallest absolute Gasteiger partial charge is 0.295 e. The molecule has 0 aliphatic heterocycles. The van der Waals surface area contributed by atoms with E-state index in [1.54, 1.807) is 30.3 Å². The third-order valence-corrected chi connectivity index (χ3v) is 1.55. The number of benzene rings is 1. The second-order valence-corrected chi connectivity index (χ2v) is 2.41. The van der Waals surface area contributed by atoms with Gasteiger partial charge in [0, 0.05) is 0 Å². The van der Waals surface area contributed by atoms with Crippen molar-refractivity contribution < 1.29 is 15.0 Å². The molecule has 1 aromatic carbocycles. The van der Waals surface area contributed by atoms with E-state index in [9.17, 15) is 10.1 Å². The maximum absolute atomic E-state index is 10.0. The number of rotatable bonds is 4. The second kappa shape index (κ2) is 4.42. The minimum absolute atomic E-state index is 0.412. The Balaban J connectivity index is 2.73. The molecule has 5 nitrogen and oxygen atoms in total. The largest absolute Gasteiger partial charge is 0.394 e. The number of nitrogens with zero attached hydrogens (tertiary/aromatic N) is 1. The number of aliphatic hydroxyl groups is 1. The Morgan fingerprint density at radius 2 is 2.08 bits per heavy atom.